The zero-order valence-corrected chi connectivity index (χ0v) is 12.3. The first kappa shape index (κ1) is 16.2. The highest BCUT2D eigenvalue weighted by molar-refractivity contribution is 5.99. The smallest absolute Gasteiger partial charge is 0.256 e. The quantitative estimate of drug-likeness (QED) is 0.580. The fraction of sp³-hybridized carbons (Fsp3) is 0.467. The fourth-order valence-electron chi connectivity index (χ4n) is 2.03. The van der Waals surface area contributed by atoms with Crippen LogP contribution in [0.5, 0.6) is 0 Å². The van der Waals surface area contributed by atoms with E-state index in [0.717, 1.165) is 11.8 Å². The predicted molar refractivity (Wildman–Crippen MR) is 80.7 cm³/mol. The number of aryl methyl sites for hydroxylation is 1. The van der Waals surface area contributed by atoms with Crippen LogP contribution in [0.3, 0.4) is 0 Å². The van der Waals surface area contributed by atoms with Crippen molar-refractivity contribution < 1.29 is 9.59 Å². The number of nitrogens with one attached hydrogen (secondary N) is 1. The number of likely N-dealkylation sites (N-methyl/N-ethyl adjacent to an activating group) is 1. The third kappa shape index (κ3) is 4.06. The lowest BCUT2D eigenvalue weighted by Crippen LogP contribution is -2.42. The summed E-state index contributed by atoms with van der Waals surface area (Å²) in [6.07, 6.45) is 1.16. The van der Waals surface area contributed by atoms with E-state index in [-0.39, 0.29) is 11.9 Å². The Morgan fingerprint density at radius 3 is 2.80 bits per heavy atom. The Hall–Kier alpha value is -1.88. The van der Waals surface area contributed by atoms with Gasteiger partial charge in [0.15, 0.2) is 0 Å². The van der Waals surface area contributed by atoms with Gasteiger partial charge in [-0.25, -0.2) is 0 Å². The standard InChI is InChI=1S/C15H23N3O2/c1-11-4-5-14(16)13(10-11)15(20)18(8-7-17-3)12(2)6-9-19/h4-5,9-10,12,17H,6-8,16H2,1-3H3. The van der Waals surface area contributed by atoms with Crippen molar-refractivity contribution in [1.82, 2.24) is 10.2 Å². The molecule has 1 aromatic carbocycles. The molecule has 110 valence electrons. The number of carbonyl (C=O) groups is 2. The van der Waals surface area contributed by atoms with Crippen molar-refractivity contribution in [3.63, 3.8) is 0 Å². The van der Waals surface area contributed by atoms with Crippen LogP contribution in [-0.2, 0) is 4.79 Å². The lowest BCUT2D eigenvalue weighted by molar-refractivity contribution is -0.108. The van der Waals surface area contributed by atoms with E-state index < -0.39 is 0 Å². The van der Waals surface area contributed by atoms with Gasteiger partial charge in [0.2, 0.25) is 0 Å². The van der Waals surface area contributed by atoms with Gasteiger partial charge in [-0.2, -0.15) is 0 Å². The number of anilines is 1. The molecule has 1 atom stereocenters. The molecule has 0 aliphatic rings. The molecule has 0 saturated heterocycles. The molecule has 0 fully saturated rings. The number of carbonyl (C=O) groups excluding carboxylic acids is 2. The van der Waals surface area contributed by atoms with Crippen LogP contribution in [0, 0.1) is 6.92 Å². The van der Waals surface area contributed by atoms with Crippen molar-refractivity contribution in [1.29, 1.82) is 0 Å². The molecule has 5 heteroatoms. The summed E-state index contributed by atoms with van der Waals surface area (Å²) in [7, 11) is 1.83. The molecule has 1 unspecified atom stereocenters. The average Bonchev–Trinajstić information content (AvgIpc) is 2.42. The molecule has 3 N–H and O–H groups in total. The maximum Gasteiger partial charge on any atom is 0.256 e. The van der Waals surface area contributed by atoms with Gasteiger partial charge in [-0.1, -0.05) is 11.6 Å². The van der Waals surface area contributed by atoms with Crippen molar-refractivity contribution in [3.05, 3.63) is 29.3 Å². The molecule has 0 aliphatic carbocycles. The lowest BCUT2D eigenvalue weighted by atomic mass is 10.1. The zero-order chi connectivity index (χ0) is 15.1. The second-order valence-electron chi connectivity index (χ2n) is 4.94. The monoisotopic (exact) mass is 277 g/mol. The highest BCUT2D eigenvalue weighted by Gasteiger charge is 2.22. The Morgan fingerprint density at radius 2 is 2.20 bits per heavy atom. The first-order valence-corrected chi connectivity index (χ1v) is 6.76. The van der Waals surface area contributed by atoms with Crippen molar-refractivity contribution in [2.45, 2.75) is 26.3 Å². The van der Waals surface area contributed by atoms with Crippen molar-refractivity contribution in [3.8, 4) is 0 Å². The Balaban J connectivity index is 3.02. The molecule has 0 radical (unpaired) electrons. The van der Waals surface area contributed by atoms with Crippen molar-refractivity contribution in [2.24, 2.45) is 0 Å². The van der Waals surface area contributed by atoms with Crippen LogP contribution < -0.4 is 11.1 Å². The van der Waals surface area contributed by atoms with Gasteiger partial charge in [0.25, 0.3) is 5.91 Å². The van der Waals surface area contributed by atoms with E-state index in [2.05, 4.69) is 5.32 Å². The van der Waals surface area contributed by atoms with Crippen LogP contribution in [0.1, 0.15) is 29.3 Å². The third-order valence-electron chi connectivity index (χ3n) is 3.27. The Kier molecular flexibility index (Phi) is 6.18. The Labute approximate surface area is 120 Å². The van der Waals surface area contributed by atoms with Crippen LogP contribution in [0.4, 0.5) is 5.69 Å². The van der Waals surface area contributed by atoms with E-state index >= 15 is 0 Å². The predicted octanol–water partition coefficient (Wildman–Crippen LogP) is 1.22. The molecule has 1 amide bonds. The molecular formula is C15H23N3O2. The molecule has 0 bridgehead atoms. The minimum atomic E-state index is -0.145. The molecule has 5 nitrogen and oxygen atoms in total. The summed E-state index contributed by atoms with van der Waals surface area (Å²) in [6, 6.07) is 5.26. The average molecular weight is 277 g/mol. The summed E-state index contributed by atoms with van der Waals surface area (Å²) in [5.74, 6) is -0.129. The number of rotatable bonds is 7. The van der Waals surface area contributed by atoms with Gasteiger partial charge in [0.1, 0.15) is 6.29 Å². The number of aldehydes is 1. The van der Waals surface area contributed by atoms with Gasteiger partial charge in [-0.15, -0.1) is 0 Å². The number of amides is 1. The number of benzene rings is 1. The molecule has 0 heterocycles. The minimum absolute atomic E-state index is 0.129. The second-order valence-corrected chi connectivity index (χ2v) is 4.94. The van der Waals surface area contributed by atoms with Crippen LogP contribution in [0.15, 0.2) is 18.2 Å². The first-order valence-electron chi connectivity index (χ1n) is 6.76. The van der Waals surface area contributed by atoms with Gasteiger partial charge >= 0.3 is 0 Å². The summed E-state index contributed by atoms with van der Waals surface area (Å²) in [4.78, 5) is 25.0. The summed E-state index contributed by atoms with van der Waals surface area (Å²) < 4.78 is 0. The second kappa shape index (κ2) is 7.65. The van der Waals surface area contributed by atoms with E-state index in [1.807, 2.05) is 27.0 Å². The number of nitrogens with two attached hydrogens (primary N) is 1. The third-order valence-corrected chi connectivity index (χ3v) is 3.27. The van der Waals surface area contributed by atoms with Gasteiger partial charge in [0, 0.05) is 31.2 Å². The van der Waals surface area contributed by atoms with E-state index in [4.69, 9.17) is 5.73 Å². The van der Waals surface area contributed by atoms with Gasteiger partial charge in [0.05, 0.1) is 5.56 Å². The molecule has 0 aliphatic heterocycles. The topological polar surface area (TPSA) is 75.4 Å². The SMILES string of the molecule is CNCCN(C(=O)c1cc(C)ccc1N)C(C)CC=O. The molecule has 0 aromatic heterocycles. The van der Waals surface area contributed by atoms with Gasteiger partial charge < -0.3 is 20.7 Å². The number of nitrogens with zero attached hydrogens (tertiary/aromatic N) is 1. The van der Waals surface area contributed by atoms with Crippen LogP contribution >= 0.6 is 0 Å². The molecular weight excluding hydrogens is 254 g/mol. The molecule has 1 rings (SSSR count). The Morgan fingerprint density at radius 1 is 1.50 bits per heavy atom. The highest BCUT2D eigenvalue weighted by Crippen LogP contribution is 2.18. The van der Waals surface area contributed by atoms with Gasteiger partial charge in [-0.3, -0.25) is 4.79 Å². The van der Waals surface area contributed by atoms with Crippen molar-refractivity contribution >= 4 is 17.9 Å². The van der Waals surface area contributed by atoms with Crippen LogP contribution in [-0.4, -0.2) is 43.3 Å². The van der Waals surface area contributed by atoms with Crippen LogP contribution in [0.2, 0.25) is 0 Å². The molecule has 0 spiro atoms. The normalized spacial score (nSPS) is 11.9. The van der Waals surface area contributed by atoms with E-state index in [1.54, 1.807) is 17.0 Å². The number of hydrogen-bond donors (Lipinski definition) is 2. The van der Waals surface area contributed by atoms with Gasteiger partial charge in [-0.05, 0) is 33.0 Å². The maximum atomic E-state index is 12.6. The maximum absolute atomic E-state index is 12.6. The van der Waals surface area contributed by atoms with E-state index in [1.165, 1.54) is 0 Å². The highest BCUT2D eigenvalue weighted by atomic mass is 16.2. The largest absolute Gasteiger partial charge is 0.398 e. The summed E-state index contributed by atoms with van der Waals surface area (Å²) in [5.41, 5.74) is 7.85. The van der Waals surface area contributed by atoms with Crippen LogP contribution in [0.25, 0.3) is 0 Å². The lowest BCUT2D eigenvalue weighted by Gasteiger charge is -2.29. The summed E-state index contributed by atoms with van der Waals surface area (Å²) in [6.45, 7) is 5.00. The van der Waals surface area contributed by atoms with E-state index in [0.29, 0.717) is 30.8 Å². The molecule has 0 saturated carbocycles. The Bertz CT molecular complexity index is 474. The number of nitrogen functional groups attached to an aromatic ring is 1. The molecule has 1 aromatic rings. The fourth-order valence-corrected chi connectivity index (χ4v) is 2.03. The summed E-state index contributed by atoms with van der Waals surface area (Å²) in [5, 5.41) is 3.01. The molecule has 20 heavy (non-hydrogen) atoms. The zero-order valence-electron chi connectivity index (χ0n) is 12.3. The minimum Gasteiger partial charge on any atom is -0.398 e. The number of hydrogen-bond acceptors (Lipinski definition) is 4. The van der Waals surface area contributed by atoms with E-state index in [9.17, 15) is 9.59 Å². The first-order chi connectivity index (χ1) is 9.51. The summed E-state index contributed by atoms with van der Waals surface area (Å²) >= 11 is 0. The van der Waals surface area contributed by atoms with Crippen molar-refractivity contribution in [2.75, 3.05) is 25.9 Å².